The van der Waals surface area contributed by atoms with E-state index in [9.17, 15) is 19.0 Å². The number of hydrogen-bond donors (Lipinski definition) is 0. The van der Waals surface area contributed by atoms with E-state index in [1.165, 1.54) is 135 Å². The second-order valence-electron chi connectivity index (χ2n) is 21.7. The van der Waals surface area contributed by atoms with Crippen molar-refractivity contribution in [3.05, 3.63) is 109 Å². The zero-order chi connectivity index (χ0) is 56.3. The number of quaternary nitrogens is 1. The Bertz CT molecular complexity index is 1670. The summed E-state index contributed by atoms with van der Waals surface area (Å²) in [4.78, 5) is 37.9. The molecule has 0 amide bonds. The first kappa shape index (κ1) is 73.7. The van der Waals surface area contributed by atoms with Crippen LogP contribution in [0.15, 0.2) is 109 Å². The molecule has 0 aliphatic heterocycles. The quantitative estimate of drug-likeness (QED) is 0.0195. The van der Waals surface area contributed by atoms with Crippen LogP contribution in [0, 0.1) is 0 Å². The van der Waals surface area contributed by atoms with Crippen LogP contribution < -0.4 is 4.89 Å². The molecule has 0 rings (SSSR count). The number of phosphoric acid groups is 1. The van der Waals surface area contributed by atoms with Crippen molar-refractivity contribution in [1.29, 1.82) is 0 Å². The first-order valence-electron chi connectivity index (χ1n) is 31.1. The maximum Gasteiger partial charge on any atom is 0.306 e. The fraction of sp³-hybridized carbons (Fsp3) is 0.701. The highest BCUT2D eigenvalue weighted by Gasteiger charge is 2.21. The molecular weight excluding hydrogens is 978 g/mol. The predicted octanol–water partition coefficient (Wildman–Crippen LogP) is 19.1. The molecule has 0 aliphatic rings. The highest BCUT2D eigenvalue weighted by atomic mass is 31.2. The van der Waals surface area contributed by atoms with Crippen LogP contribution in [0.2, 0.25) is 0 Å². The molecule has 442 valence electrons. The van der Waals surface area contributed by atoms with E-state index in [0.717, 1.165) is 77.0 Å². The Balaban J connectivity index is 4.26. The molecular formula is C67H116NO8P. The zero-order valence-corrected chi connectivity index (χ0v) is 51.0. The number of esters is 2. The van der Waals surface area contributed by atoms with E-state index < -0.39 is 32.5 Å². The van der Waals surface area contributed by atoms with Gasteiger partial charge in [0.1, 0.15) is 19.8 Å². The lowest BCUT2D eigenvalue weighted by molar-refractivity contribution is -0.870. The third-order valence-electron chi connectivity index (χ3n) is 13.1. The van der Waals surface area contributed by atoms with Crippen molar-refractivity contribution in [2.45, 2.75) is 258 Å². The monoisotopic (exact) mass is 1090 g/mol. The average molecular weight is 1090 g/mol. The van der Waals surface area contributed by atoms with Crippen molar-refractivity contribution >= 4 is 19.8 Å². The van der Waals surface area contributed by atoms with Gasteiger partial charge >= 0.3 is 11.9 Å². The molecule has 10 heteroatoms. The van der Waals surface area contributed by atoms with Crippen LogP contribution in [0.1, 0.15) is 251 Å². The van der Waals surface area contributed by atoms with Crippen molar-refractivity contribution < 1.29 is 42.1 Å². The topological polar surface area (TPSA) is 111 Å². The third kappa shape index (κ3) is 61.7. The van der Waals surface area contributed by atoms with Gasteiger partial charge in [0.2, 0.25) is 0 Å². The second-order valence-corrected chi connectivity index (χ2v) is 23.1. The van der Waals surface area contributed by atoms with Crippen molar-refractivity contribution in [1.82, 2.24) is 0 Å². The molecule has 0 aromatic rings. The number of carbonyl (C=O) groups is 2. The molecule has 0 saturated heterocycles. The molecule has 0 N–H and O–H groups in total. The molecule has 0 heterocycles. The summed E-state index contributed by atoms with van der Waals surface area (Å²) in [5.41, 5.74) is 0. The largest absolute Gasteiger partial charge is 0.756 e. The van der Waals surface area contributed by atoms with Crippen molar-refractivity contribution in [2.24, 2.45) is 0 Å². The van der Waals surface area contributed by atoms with E-state index >= 15 is 0 Å². The maximum atomic E-state index is 12.8. The molecule has 9 nitrogen and oxygen atoms in total. The Morgan fingerprint density at radius 3 is 1.09 bits per heavy atom. The van der Waals surface area contributed by atoms with Gasteiger partial charge in [-0.25, -0.2) is 0 Å². The summed E-state index contributed by atoms with van der Waals surface area (Å²) in [6.45, 7) is 4.08. The van der Waals surface area contributed by atoms with Crippen LogP contribution in [0.5, 0.6) is 0 Å². The SMILES string of the molecule is CC/C=C\C/C=C\C/C=C\C/C=C\C/C=C\C/C=C\C/C=C\C/C=C\C/C=C\CCCC(=O)OC(COC(=O)CCCCCCCCCCCCCCCCCCCCCCCCCC)COP(=O)([O-])OCC[N+](C)(C)C. The molecule has 0 aromatic heterocycles. The summed E-state index contributed by atoms with van der Waals surface area (Å²) >= 11 is 0. The van der Waals surface area contributed by atoms with Crippen LogP contribution >= 0.6 is 7.82 Å². The molecule has 0 fully saturated rings. The number of likely N-dealkylation sites (N-methyl/N-ethyl adjacent to an activating group) is 1. The first-order valence-corrected chi connectivity index (χ1v) is 32.6. The van der Waals surface area contributed by atoms with E-state index in [4.69, 9.17) is 18.5 Å². The zero-order valence-electron chi connectivity index (χ0n) is 50.1. The second kappa shape index (κ2) is 57.4. The molecule has 0 saturated carbocycles. The van der Waals surface area contributed by atoms with Crippen molar-refractivity contribution in [3.63, 3.8) is 0 Å². The van der Waals surface area contributed by atoms with Gasteiger partial charge in [-0.15, -0.1) is 0 Å². The van der Waals surface area contributed by atoms with Crippen LogP contribution in [-0.2, 0) is 32.7 Å². The molecule has 0 bridgehead atoms. The summed E-state index contributed by atoms with van der Waals surface area (Å²) in [7, 11) is 1.12. The fourth-order valence-electron chi connectivity index (χ4n) is 8.31. The van der Waals surface area contributed by atoms with Gasteiger partial charge < -0.3 is 27.9 Å². The number of nitrogens with zero attached hydrogens (tertiary/aromatic N) is 1. The number of phosphoric ester groups is 1. The summed E-state index contributed by atoms with van der Waals surface area (Å²) in [6, 6.07) is 0. The number of hydrogen-bond acceptors (Lipinski definition) is 8. The minimum Gasteiger partial charge on any atom is -0.756 e. The minimum atomic E-state index is -4.66. The van der Waals surface area contributed by atoms with Crippen LogP contribution in [-0.4, -0.2) is 70.0 Å². The minimum absolute atomic E-state index is 0.0462. The molecule has 2 unspecified atom stereocenters. The van der Waals surface area contributed by atoms with Gasteiger partial charge in [-0.1, -0.05) is 271 Å². The summed E-state index contributed by atoms with van der Waals surface area (Å²) < 4.78 is 34.1. The van der Waals surface area contributed by atoms with Crippen molar-refractivity contribution in [2.75, 3.05) is 47.5 Å². The van der Waals surface area contributed by atoms with E-state index in [2.05, 4.69) is 117 Å². The third-order valence-corrected chi connectivity index (χ3v) is 14.0. The summed E-state index contributed by atoms with van der Waals surface area (Å²) in [5.74, 6) is -0.902. The first-order chi connectivity index (χ1) is 37.5. The number of allylic oxidation sites excluding steroid dienone is 18. The van der Waals surface area contributed by atoms with Gasteiger partial charge in [0, 0.05) is 12.8 Å². The highest BCUT2D eigenvalue weighted by molar-refractivity contribution is 7.45. The number of ether oxygens (including phenoxy) is 2. The maximum absolute atomic E-state index is 12.8. The Morgan fingerprint density at radius 1 is 0.416 bits per heavy atom. The number of rotatable bonds is 56. The molecule has 77 heavy (non-hydrogen) atoms. The van der Waals surface area contributed by atoms with Gasteiger partial charge in [0.15, 0.2) is 6.10 Å². The van der Waals surface area contributed by atoms with E-state index in [0.29, 0.717) is 23.9 Å². The molecule has 2 atom stereocenters. The normalized spacial score (nSPS) is 14.0. The fourth-order valence-corrected chi connectivity index (χ4v) is 9.03. The van der Waals surface area contributed by atoms with Gasteiger partial charge in [-0.2, -0.15) is 0 Å². The number of unbranched alkanes of at least 4 members (excludes halogenated alkanes) is 24. The molecule has 0 aromatic carbocycles. The highest BCUT2D eigenvalue weighted by Crippen LogP contribution is 2.38. The Morgan fingerprint density at radius 2 is 0.740 bits per heavy atom. The van der Waals surface area contributed by atoms with Crippen molar-refractivity contribution in [3.8, 4) is 0 Å². The van der Waals surface area contributed by atoms with E-state index in [-0.39, 0.29) is 26.1 Å². The van der Waals surface area contributed by atoms with Crippen LogP contribution in [0.4, 0.5) is 0 Å². The standard InChI is InChI=1S/C67H116NO8P/c1-6-8-10-12-14-16-18-20-22-24-26-28-30-32-33-34-35-36-38-40-42-44-46-48-50-52-54-56-58-60-67(70)76-65(64-75-77(71,72)74-62-61-68(3,4)5)63-73-66(69)59-57-55-53-51-49-47-45-43-41-39-37-31-29-27-25-23-21-19-17-15-13-11-9-7-2/h8,10,14,16,20,22,26,28,32-33,35-36,40,42,46,48,52,54,65H,6-7,9,11-13,15,17-19,21,23-25,27,29-31,34,37-39,41,43-45,47,49-51,53,55-64H2,1-5H3/b10-8-,16-14-,22-20-,28-26-,33-32-,36-35-,42-40-,48-46-,54-52-. The van der Waals surface area contributed by atoms with Crippen LogP contribution in [0.3, 0.4) is 0 Å². The Hall–Kier alpha value is -3.33. The van der Waals surface area contributed by atoms with E-state index in [1.54, 1.807) is 0 Å². The van der Waals surface area contributed by atoms with E-state index in [1.807, 2.05) is 27.2 Å². The lowest BCUT2D eigenvalue weighted by atomic mass is 10.0. The van der Waals surface area contributed by atoms with Gasteiger partial charge in [0.05, 0.1) is 27.7 Å². The average Bonchev–Trinajstić information content (AvgIpc) is 3.39. The number of carbonyl (C=O) groups excluding carboxylic acids is 2. The van der Waals surface area contributed by atoms with Crippen LogP contribution in [0.25, 0.3) is 0 Å². The lowest BCUT2D eigenvalue weighted by Crippen LogP contribution is -2.37. The van der Waals surface area contributed by atoms with Gasteiger partial charge in [-0.05, 0) is 77.0 Å². The van der Waals surface area contributed by atoms with Gasteiger partial charge in [0.25, 0.3) is 7.82 Å². The van der Waals surface area contributed by atoms with Gasteiger partial charge in [-0.3, -0.25) is 14.2 Å². The smallest absolute Gasteiger partial charge is 0.306 e. The molecule has 0 radical (unpaired) electrons. The molecule has 0 spiro atoms. The summed E-state index contributed by atoms with van der Waals surface area (Å²) in [5, 5.41) is 0. The molecule has 0 aliphatic carbocycles. The Labute approximate surface area is 474 Å². The lowest BCUT2D eigenvalue weighted by Gasteiger charge is -2.28. The Kier molecular flexibility index (Phi) is 54.9. The summed E-state index contributed by atoms with van der Waals surface area (Å²) in [6.07, 6.45) is 80.1. The predicted molar refractivity (Wildman–Crippen MR) is 328 cm³/mol.